The Bertz CT molecular complexity index is 574. The highest BCUT2D eigenvalue weighted by Crippen LogP contribution is 2.40. The number of hydrogen-bond acceptors (Lipinski definition) is 3. The van der Waals surface area contributed by atoms with Crippen molar-refractivity contribution < 1.29 is 4.79 Å². The molecule has 1 unspecified atom stereocenters. The predicted octanol–water partition coefficient (Wildman–Crippen LogP) is 3.42. The normalized spacial score (nSPS) is 18.3. The lowest BCUT2D eigenvalue weighted by Crippen LogP contribution is -2.11. The van der Waals surface area contributed by atoms with Crippen molar-refractivity contribution in [3.8, 4) is 0 Å². The van der Waals surface area contributed by atoms with Gasteiger partial charge in [0.2, 0.25) is 0 Å². The molecule has 3 heteroatoms. The third-order valence-electron chi connectivity index (χ3n) is 3.72. The zero-order valence-corrected chi connectivity index (χ0v) is 10.9. The van der Waals surface area contributed by atoms with Crippen molar-refractivity contribution in [2.24, 2.45) is 0 Å². The van der Waals surface area contributed by atoms with E-state index in [1.165, 1.54) is 16.0 Å². The molecule has 92 valence electrons. The third-order valence-corrected chi connectivity index (χ3v) is 4.82. The van der Waals surface area contributed by atoms with Gasteiger partial charge in [-0.1, -0.05) is 30.3 Å². The van der Waals surface area contributed by atoms with Gasteiger partial charge in [-0.25, -0.2) is 0 Å². The highest BCUT2D eigenvalue weighted by molar-refractivity contribution is 7.16. The summed E-state index contributed by atoms with van der Waals surface area (Å²) in [5.41, 5.74) is 9.23. The molecule has 2 N–H and O–H groups in total. The molecule has 0 saturated heterocycles. The smallest absolute Gasteiger partial charge is 0.153 e. The monoisotopic (exact) mass is 257 g/mol. The number of nitrogen functional groups attached to an aromatic ring is 1. The molecule has 0 spiro atoms. The summed E-state index contributed by atoms with van der Waals surface area (Å²) in [6.45, 7) is 0. The van der Waals surface area contributed by atoms with E-state index >= 15 is 0 Å². The molecule has 1 aliphatic carbocycles. The Morgan fingerprint density at radius 2 is 2.06 bits per heavy atom. The average molecular weight is 257 g/mol. The molecule has 0 saturated carbocycles. The van der Waals surface area contributed by atoms with Gasteiger partial charge in [0.25, 0.3) is 0 Å². The van der Waals surface area contributed by atoms with Crippen LogP contribution in [0.15, 0.2) is 30.3 Å². The number of anilines is 1. The molecule has 1 aromatic carbocycles. The van der Waals surface area contributed by atoms with Crippen LogP contribution in [0.25, 0.3) is 0 Å². The molecule has 1 heterocycles. The van der Waals surface area contributed by atoms with E-state index in [4.69, 9.17) is 5.73 Å². The molecule has 3 rings (SSSR count). The summed E-state index contributed by atoms with van der Waals surface area (Å²) in [5.74, 6) is 0.566. The Morgan fingerprint density at radius 3 is 2.78 bits per heavy atom. The summed E-state index contributed by atoms with van der Waals surface area (Å²) in [6, 6.07) is 10.6. The molecule has 0 fully saturated rings. The van der Waals surface area contributed by atoms with Crippen molar-refractivity contribution in [2.45, 2.75) is 25.2 Å². The lowest BCUT2D eigenvalue weighted by molar-refractivity contribution is 0.112. The van der Waals surface area contributed by atoms with Crippen LogP contribution in [0.4, 0.5) is 5.00 Å². The number of benzene rings is 1. The van der Waals surface area contributed by atoms with Crippen molar-refractivity contribution >= 4 is 22.6 Å². The van der Waals surface area contributed by atoms with Crippen molar-refractivity contribution in [1.82, 2.24) is 0 Å². The first-order valence-corrected chi connectivity index (χ1v) is 7.01. The van der Waals surface area contributed by atoms with Gasteiger partial charge in [0.15, 0.2) is 6.29 Å². The van der Waals surface area contributed by atoms with Crippen LogP contribution in [0.2, 0.25) is 0 Å². The second-order valence-corrected chi connectivity index (χ2v) is 5.89. The van der Waals surface area contributed by atoms with Crippen molar-refractivity contribution in [2.75, 3.05) is 5.73 Å². The minimum absolute atomic E-state index is 0.566. The van der Waals surface area contributed by atoms with E-state index < -0.39 is 0 Å². The Labute approximate surface area is 110 Å². The minimum atomic E-state index is 0.566. The molecular formula is C15H15NOS. The van der Waals surface area contributed by atoms with E-state index in [9.17, 15) is 4.79 Å². The number of thiophene rings is 1. The highest BCUT2D eigenvalue weighted by atomic mass is 32.1. The van der Waals surface area contributed by atoms with E-state index in [1.807, 2.05) is 6.07 Å². The van der Waals surface area contributed by atoms with Gasteiger partial charge in [-0.2, -0.15) is 0 Å². The van der Waals surface area contributed by atoms with Crippen LogP contribution in [0.5, 0.6) is 0 Å². The molecule has 0 bridgehead atoms. The Morgan fingerprint density at radius 1 is 1.28 bits per heavy atom. The number of rotatable bonds is 2. The topological polar surface area (TPSA) is 43.1 Å². The number of hydrogen-bond donors (Lipinski definition) is 1. The van der Waals surface area contributed by atoms with Crippen LogP contribution < -0.4 is 5.73 Å². The van der Waals surface area contributed by atoms with Gasteiger partial charge in [-0.05, 0) is 36.3 Å². The first-order valence-electron chi connectivity index (χ1n) is 6.19. The van der Waals surface area contributed by atoms with Gasteiger partial charge in [0, 0.05) is 4.88 Å². The lowest BCUT2D eigenvalue weighted by Gasteiger charge is -2.22. The molecular weight excluding hydrogens is 242 g/mol. The maximum absolute atomic E-state index is 11.0. The zero-order chi connectivity index (χ0) is 12.5. The predicted molar refractivity (Wildman–Crippen MR) is 75.3 cm³/mol. The van der Waals surface area contributed by atoms with Crippen molar-refractivity contribution in [3.05, 3.63) is 51.9 Å². The van der Waals surface area contributed by atoms with Crippen LogP contribution in [0.3, 0.4) is 0 Å². The SMILES string of the molecule is Nc1sc2c(c1C=O)CCC(c1ccccc1)C2. The number of fused-ring (bicyclic) bond motifs is 1. The number of carbonyl (C=O) groups is 1. The molecule has 2 nitrogen and oxygen atoms in total. The van der Waals surface area contributed by atoms with E-state index in [0.717, 1.165) is 31.1 Å². The first-order chi connectivity index (χ1) is 8.79. The summed E-state index contributed by atoms with van der Waals surface area (Å²) >= 11 is 1.59. The van der Waals surface area contributed by atoms with Gasteiger partial charge in [-0.15, -0.1) is 11.3 Å². The minimum Gasteiger partial charge on any atom is -0.390 e. The molecule has 18 heavy (non-hydrogen) atoms. The highest BCUT2D eigenvalue weighted by Gasteiger charge is 2.25. The third kappa shape index (κ3) is 1.85. The van der Waals surface area contributed by atoms with Gasteiger partial charge >= 0.3 is 0 Å². The van der Waals surface area contributed by atoms with Crippen LogP contribution >= 0.6 is 11.3 Å². The molecule has 0 aliphatic heterocycles. The van der Waals surface area contributed by atoms with Crippen molar-refractivity contribution in [1.29, 1.82) is 0 Å². The fourth-order valence-electron chi connectivity index (χ4n) is 2.77. The summed E-state index contributed by atoms with van der Waals surface area (Å²) in [4.78, 5) is 12.3. The lowest BCUT2D eigenvalue weighted by atomic mass is 9.83. The molecule has 0 amide bonds. The number of aldehydes is 1. The molecule has 2 aromatic rings. The van der Waals surface area contributed by atoms with Crippen LogP contribution in [0, 0.1) is 0 Å². The molecule has 0 radical (unpaired) electrons. The van der Waals surface area contributed by atoms with E-state index in [2.05, 4.69) is 24.3 Å². The van der Waals surface area contributed by atoms with E-state index in [0.29, 0.717) is 10.9 Å². The quantitative estimate of drug-likeness (QED) is 0.838. The summed E-state index contributed by atoms with van der Waals surface area (Å²) < 4.78 is 0. The van der Waals surface area contributed by atoms with Gasteiger partial charge in [0.05, 0.1) is 10.6 Å². The van der Waals surface area contributed by atoms with Crippen LogP contribution in [-0.4, -0.2) is 6.29 Å². The number of nitrogens with two attached hydrogens (primary N) is 1. The Kier molecular flexibility index (Phi) is 2.92. The van der Waals surface area contributed by atoms with Gasteiger partial charge in [0.1, 0.15) is 0 Å². The summed E-state index contributed by atoms with van der Waals surface area (Å²) in [6.07, 6.45) is 4.00. The first kappa shape index (κ1) is 11.5. The Balaban J connectivity index is 1.92. The van der Waals surface area contributed by atoms with Crippen LogP contribution in [-0.2, 0) is 12.8 Å². The largest absolute Gasteiger partial charge is 0.390 e. The maximum atomic E-state index is 11.0. The fourth-order valence-corrected chi connectivity index (χ4v) is 3.94. The Hall–Kier alpha value is -1.61. The fraction of sp³-hybridized carbons (Fsp3) is 0.267. The molecule has 1 atom stereocenters. The maximum Gasteiger partial charge on any atom is 0.153 e. The summed E-state index contributed by atoms with van der Waals surface area (Å²) in [5, 5.41) is 0.684. The second kappa shape index (κ2) is 4.58. The van der Waals surface area contributed by atoms with E-state index in [-0.39, 0.29) is 0 Å². The van der Waals surface area contributed by atoms with Crippen LogP contribution in [0.1, 0.15) is 38.7 Å². The molecule has 1 aromatic heterocycles. The van der Waals surface area contributed by atoms with E-state index in [1.54, 1.807) is 11.3 Å². The zero-order valence-electron chi connectivity index (χ0n) is 10.1. The average Bonchev–Trinajstić information content (AvgIpc) is 2.74. The van der Waals surface area contributed by atoms with Crippen molar-refractivity contribution in [3.63, 3.8) is 0 Å². The standard InChI is InChI=1S/C15H15NOS/c16-15-13(9-17)12-7-6-11(8-14(12)18-15)10-4-2-1-3-5-10/h1-5,9,11H,6-8,16H2. The molecule has 1 aliphatic rings. The summed E-state index contributed by atoms with van der Waals surface area (Å²) in [7, 11) is 0. The van der Waals surface area contributed by atoms with Gasteiger partial charge in [-0.3, -0.25) is 4.79 Å². The van der Waals surface area contributed by atoms with Gasteiger partial charge < -0.3 is 5.73 Å². The second-order valence-electron chi connectivity index (χ2n) is 4.75. The number of carbonyl (C=O) groups excluding carboxylic acids is 1.